The fourth-order valence-electron chi connectivity index (χ4n) is 3.39. The zero-order chi connectivity index (χ0) is 20.4. The van der Waals surface area contributed by atoms with Gasteiger partial charge in [0.15, 0.2) is 0 Å². The highest BCUT2D eigenvalue weighted by molar-refractivity contribution is 5.79. The van der Waals surface area contributed by atoms with Gasteiger partial charge in [0.2, 0.25) is 11.7 Å². The SMILES string of the molecule is CCc1ncnc(OC2CCN(C(=O)Cn3cnc4ccccc4c3=O)C2)c1F. The maximum Gasteiger partial charge on any atom is 0.261 e. The number of halogens is 1. The van der Waals surface area contributed by atoms with Crippen LogP contribution in [0.4, 0.5) is 4.39 Å². The number of fused-ring (bicyclic) bond motifs is 1. The second-order valence-corrected chi connectivity index (χ2v) is 6.86. The van der Waals surface area contributed by atoms with Crippen molar-refractivity contribution in [3.63, 3.8) is 0 Å². The molecule has 3 heterocycles. The summed E-state index contributed by atoms with van der Waals surface area (Å²) in [7, 11) is 0. The summed E-state index contributed by atoms with van der Waals surface area (Å²) in [4.78, 5) is 38.8. The van der Waals surface area contributed by atoms with Gasteiger partial charge in [-0.25, -0.2) is 9.97 Å². The lowest BCUT2D eigenvalue weighted by atomic mass is 10.2. The van der Waals surface area contributed by atoms with Crippen molar-refractivity contribution >= 4 is 16.8 Å². The van der Waals surface area contributed by atoms with Gasteiger partial charge >= 0.3 is 0 Å². The molecule has 8 nitrogen and oxygen atoms in total. The largest absolute Gasteiger partial charge is 0.470 e. The summed E-state index contributed by atoms with van der Waals surface area (Å²) >= 11 is 0. The van der Waals surface area contributed by atoms with E-state index in [4.69, 9.17) is 4.74 Å². The van der Waals surface area contributed by atoms with Gasteiger partial charge in [-0.15, -0.1) is 0 Å². The number of rotatable bonds is 5. The lowest BCUT2D eigenvalue weighted by molar-refractivity contribution is -0.131. The molecular weight excluding hydrogens is 377 g/mol. The second kappa shape index (κ2) is 7.94. The van der Waals surface area contributed by atoms with E-state index in [9.17, 15) is 14.0 Å². The van der Waals surface area contributed by atoms with Crippen molar-refractivity contribution in [1.29, 1.82) is 0 Å². The Balaban J connectivity index is 1.43. The molecule has 0 bridgehead atoms. The summed E-state index contributed by atoms with van der Waals surface area (Å²) in [5.41, 5.74) is 0.629. The van der Waals surface area contributed by atoms with E-state index in [1.807, 2.05) is 0 Å². The molecule has 0 spiro atoms. The van der Waals surface area contributed by atoms with E-state index >= 15 is 0 Å². The number of likely N-dealkylation sites (tertiary alicyclic amines) is 1. The van der Waals surface area contributed by atoms with Gasteiger partial charge in [0.25, 0.3) is 11.4 Å². The van der Waals surface area contributed by atoms with Crippen LogP contribution < -0.4 is 10.3 Å². The summed E-state index contributed by atoms with van der Waals surface area (Å²) in [6.07, 6.45) is 3.29. The molecule has 0 saturated carbocycles. The van der Waals surface area contributed by atoms with Crippen LogP contribution in [0.25, 0.3) is 10.9 Å². The molecule has 1 atom stereocenters. The average molecular weight is 397 g/mol. The standard InChI is InChI=1S/C20H20FN5O3/c1-2-15-18(21)19(23-11-22-15)29-13-7-8-25(9-13)17(27)10-26-12-24-16-6-4-3-5-14(16)20(26)28/h3-6,11-13H,2,7-10H2,1H3. The van der Waals surface area contributed by atoms with Crippen molar-refractivity contribution in [2.45, 2.75) is 32.4 Å². The highest BCUT2D eigenvalue weighted by Gasteiger charge is 2.29. The van der Waals surface area contributed by atoms with Crippen molar-refractivity contribution in [2.75, 3.05) is 13.1 Å². The monoisotopic (exact) mass is 397 g/mol. The quantitative estimate of drug-likeness (QED) is 0.649. The zero-order valence-corrected chi connectivity index (χ0v) is 15.9. The Labute approximate surface area is 166 Å². The van der Waals surface area contributed by atoms with Crippen LogP contribution in [0.3, 0.4) is 0 Å². The topological polar surface area (TPSA) is 90.2 Å². The molecule has 2 aromatic heterocycles. The van der Waals surface area contributed by atoms with Gasteiger partial charge in [-0.05, 0) is 18.6 Å². The number of benzene rings is 1. The van der Waals surface area contributed by atoms with Gasteiger partial charge in [0, 0.05) is 13.0 Å². The fraction of sp³-hybridized carbons (Fsp3) is 0.350. The maximum absolute atomic E-state index is 14.3. The first kappa shape index (κ1) is 19.0. The van der Waals surface area contributed by atoms with Crippen molar-refractivity contribution in [2.24, 2.45) is 0 Å². The Morgan fingerprint density at radius 2 is 2.10 bits per heavy atom. The Bertz CT molecular complexity index is 1120. The van der Waals surface area contributed by atoms with Gasteiger partial charge in [-0.1, -0.05) is 19.1 Å². The van der Waals surface area contributed by atoms with Gasteiger partial charge in [0.1, 0.15) is 19.0 Å². The Hall–Kier alpha value is -3.36. The molecule has 0 radical (unpaired) electrons. The van der Waals surface area contributed by atoms with Crippen molar-refractivity contribution in [3.05, 3.63) is 58.8 Å². The molecule has 1 unspecified atom stereocenters. The van der Waals surface area contributed by atoms with Crippen LogP contribution >= 0.6 is 0 Å². The lowest BCUT2D eigenvalue weighted by Gasteiger charge is -2.18. The Morgan fingerprint density at radius 3 is 2.93 bits per heavy atom. The number of ether oxygens (including phenoxy) is 1. The number of hydrogen-bond acceptors (Lipinski definition) is 6. The molecule has 9 heteroatoms. The fourth-order valence-corrected chi connectivity index (χ4v) is 3.39. The molecule has 1 aliphatic rings. The summed E-state index contributed by atoms with van der Waals surface area (Å²) in [6.45, 7) is 2.46. The van der Waals surface area contributed by atoms with E-state index in [2.05, 4.69) is 15.0 Å². The third-order valence-corrected chi connectivity index (χ3v) is 4.98. The molecule has 1 amide bonds. The van der Waals surface area contributed by atoms with Crippen molar-refractivity contribution in [3.8, 4) is 5.88 Å². The number of nitrogens with zero attached hydrogens (tertiary/aromatic N) is 5. The highest BCUT2D eigenvalue weighted by atomic mass is 19.1. The Morgan fingerprint density at radius 1 is 1.28 bits per heavy atom. The van der Waals surface area contributed by atoms with E-state index in [0.29, 0.717) is 42.5 Å². The first-order chi connectivity index (χ1) is 14.1. The van der Waals surface area contributed by atoms with Crippen LogP contribution in [0.1, 0.15) is 19.0 Å². The summed E-state index contributed by atoms with van der Waals surface area (Å²) < 4.78 is 21.2. The molecular formula is C20H20FN5O3. The van der Waals surface area contributed by atoms with Gasteiger partial charge < -0.3 is 9.64 Å². The number of aryl methyl sites for hydroxylation is 1. The molecule has 150 valence electrons. The minimum absolute atomic E-state index is 0.0916. The predicted octanol–water partition coefficient (Wildman–Crippen LogP) is 1.57. The molecule has 29 heavy (non-hydrogen) atoms. The summed E-state index contributed by atoms with van der Waals surface area (Å²) in [5.74, 6) is -0.868. The predicted molar refractivity (Wildman–Crippen MR) is 103 cm³/mol. The van der Waals surface area contributed by atoms with Crippen molar-refractivity contribution in [1.82, 2.24) is 24.4 Å². The molecule has 1 aromatic carbocycles. The second-order valence-electron chi connectivity index (χ2n) is 6.86. The number of carbonyl (C=O) groups excluding carboxylic acids is 1. The third kappa shape index (κ3) is 3.80. The molecule has 1 saturated heterocycles. The van der Waals surface area contributed by atoms with E-state index < -0.39 is 5.82 Å². The van der Waals surface area contributed by atoms with Crippen LogP contribution in [-0.4, -0.2) is 49.5 Å². The van der Waals surface area contributed by atoms with Crippen LogP contribution in [0, 0.1) is 5.82 Å². The van der Waals surface area contributed by atoms with E-state index in [-0.39, 0.29) is 30.0 Å². The molecule has 0 aliphatic carbocycles. The minimum atomic E-state index is -0.562. The molecule has 0 N–H and O–H groups in total. The third-order valence-electron chi connectivity index (χ3n) is 4.98. The number of aromatic nitrogens is 4. The highest BCUT2D eigenvalue weighted by Crippen LogP contribution is 2.21. The molecule has 1 fully saturated rings. The van der Waals surface area contributed by atoms with Crippen LogP contribution in [0.5, 0.6) is 5.88 Å². The van der Waals surface area contributed by atoms with E-state index in [1.54, 1.807) is 36.1 Å². The van der Waals surface area contributed by atoms with Gasteiger partial charge in [-0.3, -0.25) is 14.2 Å². The normalized spacial score (nSPS) is 16.3. The maximum atomic E-state index is 14.3. The van der Waals surface area contributed by atoms with Crippen LogP contribution in [0.2, 0.25) is 0 Å². The first-order valence-electron chi connectivity index (χ1n) is 9.44. The number of para-hydroxylation sites is 1. The Kier molecular flexibility index (Phi) is 5.20. The zero-order valence-electron chi connectivity index (χ0n) is 15.9. The van der Waals surface area contributed by atoms with Gasteiger partial charge in [-0.2, -0.15) is 9.37 Å². The summed E-state index contributed by atoms with van der Waals surface area (Å²) in [5, 5.41) is 0.469. The lowest BCUT2D eigenvalue weighted by Crippen LogP contribution is -2.36. The molecule has 4 rings (SSSR count). The number of amides is 1. The molecule has 3 aromatic rings. The summed E-state index contributed by atoms with van der Waals surface area (Å²) in [6, 6.07) is 7.00. The van der Waals surface area contributed by atoms with Crippen molar-refractivity contribution < 1.29 is 13.9 Å². The first-order valence-corrected chi connectivity index (χ1v) is 9.44. The molecule has 1 aliphatic heterocycles. The van der Waals surface area contributed by atoms with Gasteiger partial charge in [0.05, 0.1) is 29.5 Å². The average Bonchev–Trinajstić information content (AvgIpc) is 3.20. The minimum Gasteiger partial charge on any atom is -0.470 e. The van der Waals surface area contributed by atoms with E-state index in [1.165, 1.54) is 17.2 Å². The van der Waals surface area contributed by atoms with E-state index in [0.717, 1.165) is 0 Å². The van der Waals surface area contributed by atoms with Crippen LogP contribution in [0.15, 0.2) is 41.7 Å². The number of carbonyl (C=O) groups is 1. The number of hydrogen-bond donors (Lipinski definition) is 0. The van der Waals surface area contributed by atoms with Crippen LogP contribution in [-0.2, 0) is 17.8 Å². The smallest absolute Gasteiger partial charge is 0.261 e.